The van der Waals surface area contributed by atoms with Crippen LogP contribution in [0.5, 0.6) is 23.3 Å². The Kier molecular flexibility index (Phi) is 36.9. The summed E-state index contributed by atoms with van der Waals surface area (Å²) >= 11 is 0. The van der Waals surface area contributed by atoms with Crippen molar-refractivity contribution in [3.8, 4) is 47.5 Å². The molecule has 0 saturated heterocycles. The van der Waals surface area contributed by atoms with Crippen molar-refractivity contribution >= 4 is 17.5 Å². The number of nitrogens with two attached hydrogens (primary N) is 2. The highest BCUT2D eigenvalue weighted by atomic mass is 19.4. The molecule has 0 unspecified atom stereocenters. The first-order valence-electron chi connectivity index (χ1n) is 30.2. The summed E-state index contributed by atoms with van der Waals surface area (Å²) in [6.45, 7) is 28.8. The van der Waals surface area contributed by atoms with Gasteiger partial charge in [-0.2, -0.15) is 44.2 Å². The van der Waals surface area contributed by atoms with Crippen LogP contribution in [0.4, 0.5) is 57.0 Å². The van der Waals surface area contributed by atoms with E-state index < -0.39 is 38.3 Å². The van der Waals surface area contributed by atoms with Gasteiger partial charge in [0.2, 0.25) is 31.9 Å². The van der Waals surface area contributed by atoms with Crippen molar-refractivity contribution in [1.82, 2.24) is 49.8 Å². The minimum Gasteiger partial charge on any atom is -0.506 e. The first-order valence-corrected chi connectivity index (χ1v) is 30.2. The molecular weight excluding hydrogens is 1280 g/mol. The highest BCUT2D eigenvalue weighted by Crippen LogP contribution is 2.35. The fraction of sp³-hybridized carbons (Fsp3) is 0.463. The Bertz CT molecular complexity index is 3660. The highest BCUT2D eigenvalue weighted by molar-refractivity contribution is 5.44. The number of nitriles is 4. The molecule has 0 spiro atoms. The summed E-state index contributed by atoms with van der Waals surface area (Å²) in [5.41, 5.74) is 15.7. The molecular formula is C67H84F9N17O4. The second-order valence-electron chi connectivity index (χ2n) is 23.0. The number of aromatic nitrogens is 10. The number of aromatic hydroxyl groups is 1. The highest BCUT2D eigenvalue weighted by Gasteiger charge is 2.35. The third-order valence-corrected chi connectivity index (χ3v) is 12.4. The van der Waals surface area contributed by atoms with Gasteiger partial charge in [0, 0.05) is 56.1 Å². The number of ether oxygens (including phenoxy) is 3. The third kappa shape index (κ3) is 29.5. The zero-order valence-electron chi connectivity index (χ0n) is 57.2. The van der Waals surface area contributed by atoms with Crippen LogP contribution in [0.1, 0.15) is 238 Å². The van der Waals surface area contributed by atoms with E-state index in [1.54, 1.807) is 39.2 Å². The smallest absolute Gasteiger partial charge is 0.418 e. The minimum absolute atomic E-state index is 0.0264. The van der Waals surface area contributed by atoms with Crippen molar-refractivity contribution in [1.29, 1.82) is 21.0 Å². The number of hydrogen-bond acceptors (Lipinski definition) is 21. The van der Waals surface area contributed by atoms with Gasteiger partial charge in [-0.05, 0) is 73.0 Å². The van der Waals surface area contributed by atoms with Gasteiger partial charge in [0.05, 0.1) is 86.7 Å². The number of rotatable bonds is 17. The molecule has 21 nitrogen and oxygen atoms in total. The zero-order valence-corrected chi connectivity index (χ0v) is 57.2. The van der Waals surface area contributed by atoms with Gasteiger partial charge < -0.3 is 36.1 Å². The van der Waals surface area contributed by atoms with E-state index in [-0.39, 0.29) is 88.3 Å². The Morgan fingerprint density at radius 3 is 1.25 bits per heavy atom. The maximum absolute atomic E-state index is 12.6. The lowest BCUT2D eigenvalue weighted by molar-refractivity contribution is -0.138. The van der Waals surface area contributed by atoms with Crippen LogP contribution in [-0.4, -0.2) is 88.2 Å². The van der Waals surface area contributed by atoms with Crippen molar-refractivity contribution in [2.75, 3.05) is 37.6 Å². The molecule has 0 bridgehead atoms. The standard InChI is InChI=1S/C12H16N2O.C11H12F2N2.C10H9F3N2.C9H14FN3O.C9H10N2O.C8H11F2N3.C8H12FN3O/c1-8(2)12-11(15-9(3)4)5-10(6-13)7-14-12;1-7(2)11-9(4-10(12)13)3-8(5-14)6-15-11;1-6(2)9-8(10(11,12)13)3-7(4-14)5-15-9;1-6(2)8-9(11-3)13-7(4-12-8)14-5-10;1-6(2)9-8(12)3-7(4-10)5-11-9;1-4(2)6-8(11)13-5(3-12-6)7(9)10;1-5(2)7-8(10)12-6(3-11-7)13-4-9/h5,7-9H,1-4H3;3,6-7,10H,4H2,1-2H3;3,5-6H,1-2H3;4,6H,5H2,1-3H3,(H,11,13);3,5-6,12H,1-2H3;3-4,7H,1-2H3,(H2,11,13);3,5H,4H2,1-2H3,(H2,10,12). The Balaban J connectivity index is 0.000000567. The van der Waals surface area contributed by atoms with Crippen LogP contribution in [-0.2, 0) is 12.6 Å². The number of pyridine rings is 4. The number of nitrogen functional groups attached to an aromatic ring is 2. The molecule has 7 rings (SSSR count). The summed E-state index contributed by atoms with van der Waals surface area (Å²) in [6, 6.07) is 13.0. The van der Waals surface area contributed by atoms with Gasteiger partial charge in [0.15, 0.2) is 5.82 Å². The van der Waals surface area contributed by atoms with Crippen molar-refractivity contribution in [2.24, 2.45) is 0 Å². The Hall–Kier alpha value is -10.2. The predicted octanol–water partition coefficient (Wildman–Crippen LogP) is 16.2. The normalized spacial score (nSPS) is 10.7. The number of alkyl halides is 9. The maximum Gasteiger partial charge on any atom is 0.418 e. The Morgan fingerprint density at radius 1 is 0.485 bits per heavy atom. The van der Waals surface area contributed by atoms with Crippen LogP contribution in [0, 0.1) is 45.3 Å². The Labute approximate surface area is 560 Å². The maximum atomic E-state index is 12.6. The molecule has 0 aromatic carbocycles. The molecule has 7 heterocycles. The van der Waals surface area contributed by atoms with Crippen molar-refractivity contribution in [2.45, 2.75) is 184 Å². The number of anilines is 3. The van der Waals surface area contributed by atoms with Crippen LogP contribution >= 0.6 is 0 Å². The molecule has 0 atom stereocenters. The van der Waals surface area contributed by atoms with E-state index in [9.17, 15) is 44.6 Å². The molecule has 7 aromatic rings. The fourth-order valence-electron chi connectivity index (χ4n) is 7.98. The molecule has 524 valence electrons. The van der Waals surface area contributed by atoms with Gasteiger partial charge in [0.1, 0.15) is 53.1 Å². The summed E-state index contributed by atoms with van der Waals surface area (Å²) in [4.78, 5) is 39.4. The fourth-order valence-corrected chi connectivity index (χ4v) is 7.98. The molecule has 6 N–H and O–H groups in total. The molecule has 0 radical (unpaired) electrons. The molecule has 0 aliphatic carbocycles. The lowest BCUT2D eigenvalue weighted by Gasteiger charge is -2.15. The van der Waals surface area contributed by atoms with Crippen molar-refractivity contribution in [3.05, 3.63) is 147 Å². The first-order chi connectivity index (χ1) is 45.4. The number of nitrogens with one attached hydrogen (secondary N) is 1. The van der Waals surface area contributed by atoms with Gasteiger partial charge in [-0.1, -0.05) is 96.9 Å². The number of nitrogens with zero attached hydrogens (tertiary/aromatic N) is 14. The van der Waals surface area contributed by atoms with Gasteiger partial charge in [-0.3, -0.25) is 34.9 Å². The van der Waals surface area contributed by atoms with E-state index in [0.717, 1.165) is 35.6 Å². The summed E-state index contributed by atoms with van der Waals surface area (Å²) in [6.07, 6.45) is -0.230. The largest absolute Gasteiger partial charge is 0.506 e. The van der Waals surface area contributed by atoms with E-state index in [1.807, 2.05) is 95.2 Å². The van der Waals surface area contributed by atoms with Gasteiger partial charge in [-0.25, -0.2) is 31.3 Å². The molecule has 0 fully saturated rings. The Morgan fingerprint density at radius 2 is 0.866 bits per heavy atom. The van der Waals surface area contributed by atoms with Crippen LogP contribution < -0.4 is 31.0 Å². The second kappa shape index (κ2) is 42.3. The van der Waals surface area contributed by atoms with E-state index >= 15 is 0 Å². The predicted molar refractivity (Wildman–Crippen MR) is 349 cm³/mol. The lowest BCUT2D eigenvalue weighted by Crippen LogP contribution is -2.12. The SMILES string of the molecule is CC(C)Oc1cc(C#N)cnc1C(C)C.CC(C)c1ncc(C#N)cc1C(F)(F)F.CC(C)c1ncc(C#N)cc1CC(F)F.CC(C)c1ncc(C#N)cc1O.CC(C)c1ncc(C(F)F)nc1N.CC(C)c1ncc(OCF)nc1N.CNc1nc(OCF)cnc1C(C)C. The quantitative estimate of drug-likeness (QED) is 0.0615. The molecule has 0 saturated carbocycles. The van der Waals surface area contributed by atoms with E-state index in [0.29, 0.717) is 62.6 Å². The monoisotopic (exact) mass is 1360 g/mol. The molecule has 30 heteroatoms. The summed E-state index contributed by atoms with van der Waals surface area (Å²) < 4.78 is 125. The molecule has 7 aromatic heterocycles. The minimum atomic E-state index is -4.46. The average Bonchev–Trinajstić information content (AvgIpc) is 0.830. The topological polar surface area (TPSA) is 336 Å². The van der Waals surface area contributed by atoms with Crippen molar-refractivity contribution in [3.63, 3.8) is 0 Å². The third-order valence-electron chi connectivity index (χ3n) is 12.4. The summed E-state index contributed by atoms with van der Waals surface area (Å²) in [5.74, 6) is 2.95. The summed E-state index contributed by atoms with van der Waals surface area (Å²) in [7, 11) is 1.75. The van der Waals surface area contributed by atoms with Crippen LogP contribution in [0.3, 0.4) is 0 Å². The van der Waals surface area contributed by atoms with Gasteiger partial charge in [-0.15, -0.1) is 0 Å². The lowest BCUT2D eigenvalue weighted by atomic mass is 10.0. The molecule has 0 aliphatic rings. The van der Waals surface area contributed by atoms with Crippen molar-refractivity contribution < 1.29 is 58.8 Å². The summed E-state index contributed by atoms with van der Waals surface area (Å²) in [5, 5.41) is 46.7. The first kappa shape index (κ1) is 84.8. The molecule has 0 amide bonds. The van der Waals surface area contributed by atoms with Crippen LogP contribution in [0.25, 0.3) is 0 Å². The second-order valence-corrected chi connectivity index (χ2v) is 23.0. The van der Waals surface area contributed by atoms with Crippen LogP contribution in [0.2, 0.25) is 0 Å². The molecule has 0 aliphatic heterocycles. The zero-order chi connectivity index (χ0) is 74.0. The van der Waals surface area contributed by atoms with Gasteiger partial charge in [0.25, 0.3) is 6.43 Å². The average molecular weight is 1360 g/mol. The van der Waals surface area contributed by atoms with E-state index in [4.69, 9.17) is 37.3 Å². The van der Waals surface area contributed by atoms with Gasteiger partial charge >= 0.3 is 6.18 Å². The van der Waals surface area contributed by atoms with E-state index in [2.05, 4.69) is 84.5 Å². The number of halogens is 9. The van der Waals surface area contributed by atoms with Crippen LogP contribution in [0.15, 0.2) is 67.6 Å². The van der Waals surface area contributed by atoms with E-state index in [1.165, 1.54) is 36.9 Å². The molecule has 97 heavy (non-hydrogen) atoms. The number of hydrogen-bond donors (Lipinski definition) is 4.